The third kappa shape index (κ3) is 5.39. The SMILES string of the molecule is [B]C(CCC)C(=C)/C=C(C)\C(=C/C)c1cc2cnc(NC(C)=O)cc2cn1. The first-order valence-corrected chi connectivity index (χ1v) is 9.18. The van der Waals surface area contributed by atoms with E-state index in [1.54, 1.807) is 12.4 Å². The average Bonchev–Trinajstić information content (AvgIpc) is 2.62. The van der Waals surface area contributed by atoms with Gasteiger partial charge in [-0.3, -0.25) is 9.78 Å². The van der Waals surface area contributed by atoms with Crippen molar-refractivity contribution >= 4 is 35.9 Å². The largest absolute Gasteiger partial charge is 0.311 e. The number of amides is 1. The molecule has 1 N–H and O–H groups in total. The maximum atomic E-state index is 11.2. The highest BCUT2D eigenvalue weighted by molar-refractivity contribution is 6.13. The zero-order chi connectivity index (χ0) is 20.0. The summed E-state index contributed by atoms with van der Waals surface area (Å²) in [6.07, 6.45) is 9.57. The van der Waals surface area contributed by atoms with Gasteiger partial charge >= 0.3 is 0 Å². The molecule has 0 aliphatic carbocycles. The van der Waals surface area contributed by atoms with Gasteiger partial charge in [0.25, 0.3) is 0 Å². The van der Waals surface area contributed by atoms with Crippen molar-refractivity contribution < 1.29 is 4.79 Å². The van der Waals surface area contributed by atoms with Crippen LogP contribution < -0.4 is 5.32 Å². The molecule has 2 rings (SSSR count). The number of nitrogens with one attached hydrogen (secondary N) is 1. The Hall–Kier alpha value is -2.69. The lowest BCUT2D eigenvalue weighted by molar-refractivity contribution is -0.114. The molecule has 0 aliphatic rings. The Bertz CT molecular complexity index is 915. The summed E-state index contributed by atoms with van der Waals surface area (Å²) in [5, 5.41) is 4.57. The Morgan fingerprint density at radius 2 is 1.93 bits per heavy atom. The van der Waals surface area contributed by atoms with Crippen LogP contribution in [0, 0.1) is 0 Å². The summed E-state index contributed by atoms with van der Waals surface area (Å²) >= 11 is 0. The van der Waals surface area contributed by atoms with Crippen LogP contribution in [0.3, 0.4) is 0 Å². The molecule has 2 aromatic heterocycles. The summed E-state index contributed by atoms with van der Waals surface area (Å²) in [5.41, 5.74) is 3.90. The number of hydrogen-bond donors (Lipinski definition) is 1. The summed E-state index contributed by atoms with van der Waals surface area (Å²) < 4.78 is 0. The second-order valence-corrected chi connectivity index (χ2v) is 6.67. The normalized spacial score (nSPS) is 13.5. The molecule has 4 nitrogen and oxygen atoms in total. The van der Waals surface area contributed by atoms with Crippen molar-refractivity contribution in [2.24, 2.45) is 0 Å². The van der Waals surface area contributed by atoms with Crippen LogP contribution in [0.4, 0.5) is 5.82 Å². The fourth-order valence-corrected chi connectivity index (χ4v) is 2.97. The Morgan fingerprint density at radius 1 is 1.26 bits per heavy atom. The lowest BCUT2D eigenvalue weighted by Gasteiger charge is -2.14. The van der Waals surface area contributed by atoms with E-state index in [9.17, 15) is 4.79 Å². The van der Waals surface area contributed by atoms with Gasteiger partial charge in [0.05, 0.1) is 13.5 Å². The number of rotatable bonds is 7. The van der Waals surface area contributed by atoms with E-state index in [1.165, 1.54) is 6.92 Å². The molecule has 1 atom stereocenters. The van der Waals surface area contributed by atoms with E-state index >= 15 is 0 Å². The molecule has 5 heteroatoms. The second-order valence-electron chi connectivity index (χ2n) is 6.67. The molecule has 2 radical (unpaired) electrons. The number of nitrogens with zero attached hydrogens (tertiary/aromatic N) is 2. The molecule has 0 fully saturated rings. The van der Waals surface area contributed by atoms with Crippen LogP contribution >= 0.6 is 0 Å². The molecule has 0 aromatic carbocycles. The lowest BCUT2D eigenvalue weighted by atomic mass is 9.77. The third-order valence-electron chi connectivity index (χ3n) is 4.37. The summed E-state index contributed by atoms with van der Waals surface area (Å²) in [4.78, 5) is 20.1. The van der Waals surface area contributed by atoms with E-state index in [2.05, 4.69) is 28.8 Å². The van der Waals surface area contributed by atoms with Crippen molar-refractivity contribution in [3.8, 4) is 0 Å². The molecule has 0 saturated carbocycles. The number of carbonyl (C=O) groups excluding carboxylic acids is 1. The van der Waals surface area contributed by atoms with Crippen molar-refractivity contribution in [3.05, 3.63) is 60.1 Å². The minimum Gasteiger partial charge on any atom is -0.311 e. The lowest BCUT2D eigenvalue weighted by Crippen LogP contribution is -2.07. The predicted octanol–water partition coefficient (Wildman–Crippen LogP) is 5.25. The Morgan fingerprint density at radius 3 is 2.56 bits per heavy atom. The zero-order valence-electron chi connectivity index (χ0n) is 16.5. The average molecular weight is 359 g/mol. The van der Waals surface area contributed by atoms with Crippen molar-refractivity contribution in [1.29, 1.82) is 0 Å². The highest BCUT2D eigenvalue weighted by Crippen LogP contribution is 2.28. The molecule has 138 valence electrons. The number of hydrogen-bond acceptors (Lipinski definition) is 3. The standard InChI is InChI=1S/C22H26BN3O/c1-6-8-20(23)15(4)9-14(3)19(7-2)21-10-17-13-25-22(26-16(5)27)11-18(17)12-24-21/h7,9-13,20H,4,6,8H2,1-3,5H3,(H,25,26,27)/b14-9-,19-7+. The third-order valence-corrected chi connectivity index (χ3v) is 4.37. The summed E-state index contributed by atoms with van der Waals surface area (Å²) in [5.74, 6) is 0.349. The first-order chi connectivity index (χ1) is 12.8. The van der Waals surface area contributed by atoms with E-state index in [0.717, 1.165) is 46.0 Å². The molecule has 1 unspecified atom stereocenters. The number of pyridine rings is 2. The molecular weight excluding hydrogens is 333 g/mol. The van der Waals surface area contributed by atoms with Gasteiger partial charge < -0.3 is 5.32 Å². The number of fused-ring (bicyclic) bond motifs is 1. The van der Waals surface area contributed by atoms with E-state index in [4.69, 9.17) is 7.85 Å². The van der Waals surface area contributed by atoms with Crippen molar-refractivity contribution in [2.75, 3.05) is 5.32 Å². The quantitative estimate of drug-likeness (QED) is 0.543. The maximum Gasteiger partial charge on any atom is 0.222 e. The summed E-state index contributed by atoms with van der Waals surface area (Å²) in [6, 6.07) is 3.82. The van der Waals surface area contributed by atoms with Crippen LogP contribution in [0.2, 0.25) is 5.82 Å². The van der Waals surface area contributed by atoms with Gasteiger partial charge in [0.15, 0.2) is 0 Å². The fourth-order valence-electron chi connectivity index (χ4n) is 2.97. The number of carbonyl (C=O) groups is 1. The Kier molecular flexibility index (Phi) is 7.11. The van der Waals surface area contributed by atoms with Gasteiger partial charge in [0.2, 0.25) is 5.91 Å². The van der Waals surface area contributed by atoms with Crippen molar-refractivity contribution in [3.63, 3.8) is 0 Å². The second kappa shape index (κ2) is 9.31. The van der Waals surface area contributed by atoms with Crippen LogP contribution in [0.5, 0.6) is 0 Å². The highest BCUT2D eigenvalue weighted by Gasteiger charge is 2.09. The minimum atomic E-state index is -0.148. The van der Waals surface area contributed by atoms with Gasteiger partial charge in [-0.1, -0.05) is 49.9 Å². The number of anilines is 1. The summed E-state index contributed by atoms with van der Waals surface area (Å²) in [6.45, 7) is 11.7. The molecule has 1 amide bonds. The van der Waals surface area contributed by atoms with Crippen molar-refractivity contribution in [2.45, 2.75) is 46.4 Å². The monoisotopic (exact) mass is 359 g/mol. The van der Waals surface area contributed by atoms with Crippen LogP contribution in [0.1, 0.15) is 46.2 Å². The topological polar surface area (TPSA) is 54.9 Å². The van der Waals surface area contributed by atoms with Crippen LogP contribution in [0.25, 0.3) is 16.3 Å². The van der Waals surface area contributed by atoms with Crippen LogP contribution in [-0.4, -0.2) is 23.7 Å². The molecule has 2 aromatic rings. The minimum absolute atomic E-state index is 0.0241. The Labute approximate surface area is 162 Å². The fraction of sp³-hybridized carbons (Fsp3) is 0.318. The van der Waals surface area contributed by atoms with Gasteiger partial charge in [-0.25, -0.2) is 4.98 Å². The maximum absolute atomic E-state index is 11.2. The molecule has 27 heavy (non-hydrogen) atoms. The Balaban J connectivity index is 2.32. The number of allylic oxidation sites excluding steroid dienone is 5. The molecule has 0 saturated heterocycles. The highest BCUT2D eigenvalue weighted by atomic mass is 16.1. The predicted molar refractivity (Wildman–Crippen MR) is 115 cm³/mol. The molecule has 2 heterocycles. The van der Waals surface area contributed by atoms with Gasteiger partial charge in [-0.05, 0) is 37.1 Å². The van der Waals surface area contributed by atoms with Crippen LogP contribution in [0.15, 0.2) is 54.4 Å². The first-order valence-electron chi connectivity index (χ1n) is 9.18. The summed E-state index contributed by atoms with van der Waals surface area (Å²) in [7, 11) is 6.16. The molecule has 0 aliphatic heterocycles. The van der Waals surface area contributed by atoms with Crippen LogP contribution in [-0.2, 0) is 4.79 Å². The van der Waals surface area contributed by atoms with Gasteiger partial charge in [0, 0.05) is 30.1 Å². The van der Waals surface area contributed by atoms with E-state index < -0.39 is 0 Å². The first kappa shape index (κ1) is 20.6. The van der Waals surface area contributed by atoms with Gasteiger partial charge in [0.1, 0.15) is 5.82 Å². The van der Waals surface area contributed by atoms with E-state index in [-0.39, 0.29) is 11.7 Å². The molecule has 0 bridgehead atoms. The zero-order valence-corrected chi connectivity index (χ0v) is 16.5. The van der Waals surface area contributed by atoms with E-state index in [1.807, 2.05) is 38.1 Å². The molecular formula is C22H26BN3O. The van der Waals surface area contributed by atoms with E-state index in [0.29, 0.717) is 5.82 Å². The van der Waals surface area contributed by atoms with Crippen molar-refractivity contribution in [1.82, 2.24) is 9.97 Å². The van der Waals surface area contributed by atoms with Gasteiger partial charge in [-0.2, -0.15) is 0 Å². The number of aromatic nitrogens is 2. The molecule has 0 spiro atoms. The smallest absolute Gasteiger partial charge is 0.222 e. The van der Waals surface area contributed by atoms with Gasteiger partial charge in [-0.15, -0.1) is 0 Å².